The van der Waals surface area contributed by atoms with Gasteiger partial charge in [-0.15, -0.1) is 11.3 Å². The quantitative estimate of drug-likeness (QED) is 0.646. The van der Waals surface area contributed by atoms with E-state index in [1.165, 1.54) is 54.4 Å². The molecule has 6 nitrogen and oxygen atoms in total. The zero-order valence-electron chi connectivity index (χ0n) is 17.2. The third-order valence-electron chi connectivity index (χ3n) is 6.96. The zero-order chi connectivity index (χ0) is 20.0. The fourth-order valence-electron chi connectivity index (χ4n) is 5.50. The number of nitrogens with one attached hydrogen (secondary N) is 1. The van der Waals surface area contributed by atoms with E-state index in [4.69, 9.17) is 14.7 Å². The second-order valence-corrected chi connectivity index (χ2v) is 10.0. The molecule has 1 saturated heterocycles. The van der Waals surface area contributed by atoms with Crippen LogP contribution < -0.4 is 5.32 Å². The zero-order valence-corrected chi connectivity index (χ0v) is 18.0. The molecule has 1 N–H and O–H groups in total. The molecule has 3 aromatic rings. The molecule has 2 fully saturated rings. The Bertz CT molecular complexity index is 1060. The van der Waals surface area contributed by atoms with E-state index < -0.39 is 0 Å². The summed E-state index contributed by atoms with van der Waals surface area (Å²) < 4.78 is 6.26. The summed E-state index contributed by atoms with van der Waals surface area (Å²) in [6.07, 6.45) is 17.1. The van der Waals surface area contributed by atoms with Crippen molar-refractivity contribution in [2.75, 3.05) is 11.9 Å². The molecule has 0 amide bonds. The third kappa shape index (κ3) is 3.28. The minimum atomic E-state index is 0.0872. The number of aromatic nitrogens is 4. The number of ether oxygens (including phenoxy) is 1. The van der Waals surface area contributed by atoms with E-state index in [0.717, 1.165) is 48.6 Å². The Balaban J connectivity index is 1.42. The largest absolute Gasteiger partial charge is 0.375 e. The number of fused-ring (bicyclic) bond motifs is 3. The molecule has 1 saturated carbocycles. The molecule has 156 valence electrons. The van der Waals surface area contributed by atoms with Gasteiger partial charge in [0.15, 0.2) is 5.82 Å². The van der Waals surface area contributed by atoms with E-state index >= 15 is 0 Å². The molecule has 4 heterocycles. The van der Waals surface area contributed by atoms with Crippen molar-refractivity contribution in [2.24, 2.45) is 0 Å². The Hall–Kier alpha value is -2.12. The lowest BCUT2D eigenvalue weighted by molar-refractivity contribution is -0.0767. The van der Waals surface area contributed by atoms with Gasteiger partial charge in [-0.05, 0) is 56.9 Å². The highest BCUT2D eigenvalue weighted by Gasteiger charge is 2.40. The van der Waals surface area contributed by atoms with E-state index in [0.29, 0.717) is 11.9 Å². The molecule has 0 radical (unpaired) electrons. The molecule has 7 heteroatoms. The lowest BCUT2D eigenvalue weighted by Crippen LogP contribution is -2.42. The maximum atomic E-state index is 6.26. The molecular weight excluding hydrogens is 394 g/mol. The van der Waals surface area contributed by atoms with Gasteiger partial charge in [0.1, 0.15) is 16.3 Å². The second-order valence-electron chi connectivity index (χ2n) is 8.95. The van der Waals surface area contributed by atoms with E-state index in [9.17, 15) is 0 Å². The minimum absolute atomic E-state index is 0.0872. The SMILES string of the molecule is c1cnc(-c2nc(NC3CCOC4(CCCC4)C3)c3c4c(sc3n2)CCCC4)cn1. The van der Waals surface area contributed by atoms with Crippen molar-refractivity contribution in [3.05, 3.63) is 29.0 Å². The van der Waals surface area contributed by atoms with Crippen LogP contribution in [0.25, 0.3) is 21.7 Å². The number of aryl methyl sites for hydroxylation is 2. The van der Waals surface area contributed by atoms with Crippen LogP contribution in [-0.2, 0) is 17.6 Å². The van der Waals surface area contributed by atoms with Crippen molar-refractivity contribution in [3.63, 3.8) is 0 Å². The summed E-state index contributed by atoms with van der Waals surface area (Å²) in [7, 11) is 0. The maximum absolute atomic E-state index is 6.26. The van der Waals surface area contributed by atoms with Crippen molar-refractivity contribution in [2.45, 2.75) is 75.9 Å². The molecule has 30 heavy (non-hydrogen) atoms. The average Bonchev–Trinajstić information content (AvgIpc) is 3.38. The molecule has 1 spiro atoms. The lowest BCUT2D eigenvalue weighted by atomic mass is 9.89. The molecular formula is C23H27N5OS. The number of hydrogen-bond acceptors (Lipinski definition) is 7. The molecule has 3 aromatic heterocycles. The smallest absolute Gasteiger partial charge is 0.183 e. The third-order valence-corrected chi connectivity index (χ3v) is 8.14. The number of thiophene rings is 1. The van der Waals surface area contributed by atoms with Crippen molar-refractivity contribution < 1.29 is 4.74 Å². The monoisotopic (exact) mass is 421 g/mol. The molecule has 1 aliphatic heterocycles. The predicted molar refractivity (Wildman–Crippen MR) is 119 cm³/mol. The van der Waals surface area contributed by atoms with Gasteiger partial charge in [-0.2, -0.15) is 0 Å². The summed E-state index contributed by atoms with van der Waals surface area (Å²) in [5.74, 6) is 1.65. The van der Waals surface area contributed by atoms with Crippen molar-refractivity contribution in [3.8, 4) is 11.5 Å². The van der Waals surface area contributed by atoms with Gasteiger partial charge >= 0.3 is 0 Å². The summed E-state index contributed by atoms with van der Waals surface area (Å²) in [4.78, 5) is 21.2. The topological polar surface area (TPSA) is 72.8 Å². The first-order valence-electron chi connectivity index (χ1n) is 11.3. The molecule has 3 aliphatic rings. The first kappa shape index (κ1) is 18.6. The summed E-state index contributed by atoms with van der Waals surface area (Å²) in [5, 5.41) is 5.09. The fraction of sp³-hybridized carbons (Fsp3) is 0.565. The normalized spacial score (nSPS) is 23.0. The molecule has 0 bridgehead atoms. The van der Waals surface area contributed by atoms with Crippen LogP contribution in [0.15, 0.2) is 18.6 Å². The Kier molecular flexibility index (Phi) is 4.68. The Morgan fingerprint density at radius 3 is 2.83 bits per heavy atom. The van der Waals surface area contributed by atoms with Gasteiger partial charge in [-0.25, -0.2) is 15.0 Å². The summed E-state index contributed by atoms with van der Waals surface area (Å²) >= 11 is 1.84. The van der Waals surface area contributed by atoms with Crippen LogP contribution in [0, 0.1) is 0 Å². The van der Waals surface area contributed by atoms with Crippen molar-refractivity contribution in [1.29, 1.82) is 0 Å². The maximum Gasteiger partial charge on any atom is 0.183 e. The van der Waals surface area contributed by atoms with Crippen LogP contribution in [0.4, 0.5) is 5.82 Å². The van der Waals surface area contributed by atoms with E-state index in [2.05, 4.69) is 15.3 Å². The van der Waals surface area contributed by atoms with Crippen molar-refractivity contribution >= 4 is 27.4 Å². The molecule has 6 rings (SSSR count). The van der Waals surface area contributed by atoms with Gasteiger partial charge in [0.2, 0.25) is 0 Å². The van der Waals surface area contributed by atoms with Gasteiger partial charge in [-0.1, -0.05) is 12.8 Å². The number of hydrogen-bond donors (Lipinski definition) is 1. The number of anilines is 1. The minimum Gasteiger partial charge on any atom is -0.375 e. The Labute approximate surface area is 180 Å². The first-order valence-corrected chi connectivity index (χ1v) is 12.1. The van der Waals surface area contributed by atoms with Crippen LogP contribution in [0.5, 0.6) is 0 Å². The average molecular weight is 422 g/mol. The van der Waals surface area contributed by atoms with Gasteiger partial charge in [0, 0.05) is 29.9 Å². The van der Waals surface area contributed by atoms with Crippen LogP contribution in [0.3, 0.4) is 0 Å². The number of rotatable bonds is 3. The standard InChI is InChI=1S/C23H27N5OS/c1-2-6-18-16(5-1)19-21(26-15-7-12-29-23(13-15)8-3-4-9-23)27-20(28-22(19)30-18)17-14-24-10-11-25-17/h10-11,14-15H,1-9,12-13H2,(H,26,27,28). The molecule has 2 aliphatic carbocycles. The highest BCUT2D eigenvalue weighted by atomic mass is 32.1. The van der Waals surface area contributed by atoms with Crippen molar-refractivity contribution in [1.82, 2.24) is 19.9 Å². The van der Waals surface area contributed by atoms with E-state index in [-0.39, 0.29) is 5.60 Å². The first-order chi connectivity index (χ1) is 14.8. The summed E-state index contributed by atoms with van der Waals surface area (Å²) in [6, 6.07) is 0.392. The van der Waals surface area contributed by atoms with E-state index in [1.54, 1.807) is 18.6 Å². The van der Waals surface area contributed by atoms with Crippen LogP contribution >= 0.6 is 11.3 Å². The van der Waals surface area contributed by atoms with Crippen LogP contribution in [0.1, 0.15) is 61.8 Å². The number of nitrogens with zero attached hydrogens (tertiary/aromatic N) is 4. The highest BCUT2D eigenvalue weighted by Crippen LogP contribution is 2.43. The highest BCUT2D eigenvalue weighted by molar-refractivity contribution is 7.19. The summed E-state index contributed by atoms with van der Waals surface area (Å²) in [6.45, 7) is 0.838. The van der Waals surface area contributed by atoms with Crippen LogP contribution in [-0.4, -0.2) is 38.2 Å². The Morgan fingerprint density at radius 2 is 1.97 bits per heavy atom. The van der Waals surface area contributed by atoms with Gasteiger partial charge in [0.25, 0.3) is 0 Å². The fourth-order valence-corrected chi connectivity index (χ4v) is 6.76. The second kappa shape index (κ2) is 7.54. The summed E-state index contributed by atoms with van der Waals surface area (Å²) in [5.41, 5.74) is 2.29. The molecule has 1 unspecified atom stereocenters. The van der Waals surface area contributed by atoms with Crippen LogP contribution in [0.2, 0.25) is 0 Å². The molecule has 1 atom stereocenters. The van der Waals surface area contributed by atoms with Gasteiger partial charge in [0.05, 0.1) is 17.2 Å². The lowest BCUT2D eigenvalue weighted by Gasteiger charge is -2.38. The van der Waals surface area contributed by atoms with Gasteiger partial charge in [-0.3, -0.25) is 4.98 Å². The Morgan fingerprint density at radius 1 is 1.07 bits per heavy atom. The van der Waals surface area contributed by atoms with E-state index in [1.807, 2.05) is 11.3 Å². The molecule has 0 aromatic carbocycles. The van der Waals surface area contributed by atoms with Gasteiger partial charge < -0.3 is 10.1 Å². The predicted octanol–water partition coefficient (Wildman–Crippen LogP) is 4.93.